The van der Waals surface area contributed by atoms with E-state index in [1.165, 1.54) is 11.1 Å². The predicted molar refractivity (Wildman–Crippen MR) is 80.9 cm³/mol. The van der Waals surface area contributed by atoms with Gasteiger partial charge in [-0.2, -0.15) is 0 Å². The quantitative estimate of drug-likeness (QED) is 0.776. The molecule has 0 radical (unpaired) electrons. The molecule has 20 heavy (non-hydrogen) atoms. The zero-order chi connectivity index (χ0) is 13.8. The fourth-order valence-corrected chi connectivity index (χ4v) is 3.03. The lowest BCUT2D eigenvalue weighted by atomic mass is 9.78. The summed E-state index contributed by atoms with van der Waals surface area (Å²) in [5, 5.41) is 0. The second kappa shape index (κ2) is 3.97. The van der Waals surface area contributed by atoms with Gasteiger partial charge < -0.3 is 9.31 Å². The van der Waals surface area contributed by atoms with Gasteiger partial charge in [-0.15, -0.1) is 0 Å². The highest BCUT2D eigenvalue weighted by atomic mass is 16.7. The zero-order valence-corrected chi connectivity index (χ0v) is 11.8. The molecule has 0 N–H and O–H groups in total. The van der Waals surface area contributed by atoms with E-state index in [1.54, 1.807) is 0 Å². The fraction of sp³-hybridized carbons (Fsp3) is 0.294. The van der Waals surface area contributed by atoms with Gasteiger partial charge in [0.05, 0.1) is 11.2 Å². The van der Waals surface area contributed by atoms with Gasteiger partial charge in [-0.1, -0.05) is 54.6 Å². The summed E-state index contributed by atoms with van der Waals surface area (Å²) in [6.45, 7) is 4.26. The first-order valence-electron chi connectivity index (χ1n) is 7.11. The van der Waals surface area contributed by atoms with Crippen LogP contribution in [0.5, 0.6) is 0 Å². The molecule has 1 aliphatic heterocycles. The number of hydrogen-bond donors (Lipinski definition) is 0. The minimum Gasteiger partial charge on any atom is -0.399 e. The Hall–Kier alpha value is -1.58. The molecule has 1 aliphatic carbocycles. The largest absolute Gasteiger partial charge is 0.494 e. The summed E-state index contributed by atoms with van der Waals surface area (Å²) in [5.74, 6) is 0. The molecule has 2 nitrogen and oxygen atoms in total. The third kappa shape index (κ3) is 1.74. The summed E-state index contributed by atoms with van der Waals surface area (Å²) in [4.78, 5) is 0. The predicted octanol–water partition coefficient (Wildman–Crippen LogP) is 3.02. The van der Waals surface area contributed by atoms with Crippen LogP contribution in [0.15, 0.2) is 54.6 Å². The van der Waals surface area contributed by atoms with E-state index < -0.39 is 0 Å². The minimum absolute atomic E-state index is 0.0875. The summed E-state index contributed by atoms with van der Waals surface area (Å²) in [6, 6.07) is 18.9. The van der Waals surface area contributed by atoms with Crippen molar-refractivity contribution in [3.05, 3.63) is 54.6 Å². The molecule has 0 bridgehead atoms. The van der Waals surface area contributed by atoms with Crippen molar-refractivity contribution in [2.24, 2.45) is 0 Å². The Morgan fingerprint density at radius 1 is 0.800 bits per heavy atom. The third-order valence-corrected chi connectivity index (χ3v) is 4.69. The van der Waals surface area contributed by atoms with Crippen molar-refractivity contribution < 1.29 is 9.31 Å². The van der Waals surface area contributed by atoms with Gasteiger partial charge in [0.1, 0.15) is 0 Å². The van der Waals surface area contributed by atoms with E-state index in [2.05, 4.69) is 62.4 Å². The van der Waals surface area contributed by atoms with Crippen molar-refractivity contribution in [2.75, 3.05) is 0 Å². The highest BCUT2D eigenvalue weighted by Crippen LogP contribution is 2.58. The van der Waals surface area contributed by atoms with E-state index in [0.29, 0.717) is 0 Å². The average Bonchev–Trinajstić information content (AvgIpc) is 2.89. The third-order valence-electron chi connectivity index (χ3n) is 4.69. The Morgan fingerprint density at radius 3 is 1.95 bits per heavy atom. The van der Waals surface area contributed by atoms with Crippen LogP contribution in [-0.2, 0) is 9.31 Å². The molecule has 2 fully saturated rings. The highest BCUT2D eigenvalue weighted by molar-refractivity contribution is 6.62. The number of benzene rings is 2. The van der Waals surface area contributed by atoms with Gasteiger partial charge >= 0.3 is 7.12 Å². The first-order valence-corrected chi connectivity index (χ1v) is 7.11. The van der Waals surface area contributed by atoms with Crippen molar-refractivity contribution in [3.8, 4) is 11.1 Å². The van der Waals surface area contributed by atoms with E-state index in [9.17, 15) is 0 Å². The van der Waals surface area contributed by atoms with Crippen LogP contribution in [0.3, 0.4) is 0 Å². The molecular formula is C17H17BO2. The maximum Gasteiger partial charge on any atom is 0.494 e. The first-order chi connectivity index (χ1) is 9.60. The molecule has 0 aromatic heterocycles. The van der Waals surface area contributed by atoms with Gasteiger partial charge in [0.15, 0.2) is 0 Å². The molecule has 100 valence electrons. The normalized spacial score (nSPS) is 31.2. The molecule has 1 saturated heterocycles. The number of hydrogen-bond acceptors (Lipinski definition) is 2. The van der Waals surface area contributed by atoms with E-state index >= 15 is 0 Å². The molecule has 0 amide bonds. The standard InChI is InChI=1S/C17H17BO2/c1-16-12-17(16,2)20-18(19-16)15-10-8-14(9-11-15)13-6-4-3-5-7-13/h3-11H,12H2,1-2H3. The van der Waals surface area contributed by atoms with Crippen LogP contribution in [0, 0.1) is 0 Å². The molecule has 4 rings (SSSR count). The number of fused-ring (bicyclic) bond motifs is 1. The summed E-state index contributed by atoms with van der Waals surface area (Å²) >= 11 is 0. The Kier molecular flexibility index (Phi) is 2.42. The average molecular weight is 264 g/mol. The minimum atomic E-state index is -0.219. The van der Waals surface area contributed by atoms with Gasteiger partial charge in [0.2, 0.25) is 0 Å². The van der Waals surface area contributed by atoms with Gasteiger partial charge in [0.25, 0.3) is 0 Å². The summed E-state index contributed by atoms with van der Waals surface area (Å²) < 4.78 is 12.1. The Balaban J connectivity index is 1.57. The van der Waals surface area contributed by atoms with Crippen LogP contribution in [0.25, 0.3) is 11.1 Å². The molecule has 2 aromatic rings. The van der Waals surface area contributed by atoms with Crippen LogP contribution in [0.1, 0.15) is 20.3 Å². The Morgan fingerprint density at radius 2 is 1.35 bits per heavy atom. The fourth-order valence-electron chi connectivity index (χ4n) is 3.03. The van der Waals surface area contributed by atoms with Gasteiger partial charge in [0, 0.05) is 6.42 Å². The van der Waals surface area contributed by atoms with Crippen LogP contribution < -0.4 is 5.46 Å². The lowest BCUT2D eigenvalue weighted by molar-refractivity contribution is 0.187. The lowest BCUT2D eigenvalue weighted by Crippen LogP contribution is -2.35. The van der Waals surface area contributed by atoms with Crippen molar-refractivity contribution in [3.63, 3.8) is 0 Å². The van der Waals surface area contributed by atoms with Crippen LogP contribution >= 0.6 is 0 Å². The summed E-state index contributed by atoms with van der Waals surface area (Å²) in [5.41, 5.74) is 3.37. The zero-order valence-electron chi connectivity index (χ0n) is 11.8. The van der Waals surface area contributed by atoms with Crippen molar-refractivity contribution >= 4 is 12.6 Å². The molecule has 0 spiro atoms. The smallest absolute Gasteiger partial charge is 0.399 e. The van der Waals surface area contributed by atoms with Gasteiger partial charge in [-0.05, 0) is 30.4 Å². The second-order valence-corrected chi connectivity index (χ2v) is 6.19. The maximum absolute atomic E-state index is 6.04. The van der Waals surface area contributed by atoms with Crippen LogP contribution in [-0.4, -0.2) is 18.3 Å². The van der Waals surface area contributed by atoms with Crippen molar-refractivity contribution in [2.45, 2.75) is 31.5 Å². The van der Waals surface area contributed by atoms with E-state index in [-0.39, 0.29) is 18.3 Å². The highest BCUT2D eigenvalue weighted by Gasteiger charge is 2.71. The Labute approximate surface area is 119 Å². The van der Waals surface area contributed by atoms with Crippen LogP contribution in [0.2, 0.25) is 0 Å². The van der Waals surface area contributed by atoms with Crippen LogP contribution in [0.4, 0.5) is 0 Å². The van der Waals surface area contributed by atoms with Gasteiger partial charge in [-0.25, -0.2) is 0 Å². The summed E-state index contributed by atoms with van der Waals surface area (Å²) in [7, 11) is -0.219. The maximum atomic E-state index is 6.04. The topological polar surface area (TPSA) is 18.5 Å². The molecular weight excluding hydrogens is 247 g/mol. The first kappa shape index (κ1) is 12.2. The monoisotopic (exact) mass is 264 g/mol. The molecule has 1 heterocycles. The van der Waals surface area contributed by atoms with E-state index in [4.69, 9.17) is 9.31 Å². The molecule has 2 atom stereocenters. The molecule has 3 heteroatoms. The van der Waals surface area contributed by atoms with Crippen molar-refractivity contribution in [1.29, 1.82) is 0 Å². The molecule has 2 unspecified atom stereocenters. The van der Waals surface area contributed by atoms with E-state index in [1.807, 2.05) is 6.07 Å². The molecule has 1 saturated carbocycles. The van der Waals surface area contributed by atoms with Crippen molar-refractivity contribution in [1.82, 2.24) is 0 Å². The van der Waals surface area contributed by atoms with E-state index in [0.717, 1.165) is 11.9 Å². The number of rotatable bonds is 2. The van der Waals surface area contributed by atoms with Gasteiger partial charge in [-0.3, -0.25) is 0 Å². The Bertz CT molecular complexity index is 624. The second-order valence-electron chi connectivity index (χ2n) is 6.19. The lowest BCUT2D eigenvalue weighted by Gasteiger charge is -2.11. The molecule has 2 aliphatic rings. The molecule has 2 aromatic carbocycles. The SMILES string of the molecule is CC12CC1(C)OB(c1ccc(-c3ccccc3)cc1)O2. The summed E-state index contributed by atoms with van der Waals surface area (Å²) in [6.07, 6.45) is 0.999.